The van der Waals surface area contributed by atoms with Gasteiger partial charge in [0, 0.05) is 30.0 Å². The maximum atomic E-state index is 12.1. The van der Waals surface area contributed by atoms with Crippen LogP contribution in [0.3, 0.4) is 0 Å². The Bertz CT molecular complexity index is 1200. The van der Waals surface area contributed by atoms with E-state index in [9.17, 15) is 4.79 Å². The normalized spacial score (nSPS) is 11.4. The molecule has 0 fully saturated rings. The van der Waals surface area contributed by atoms with E-state index in [0.29, 0.717) is 18.7 Å². The van der Waals surface area contributed by atoms with Gasteiger partial charge >= 0.3 is 0 Å². The summed E-state index contributed by atoms with van der Waals surface area (Å²) < 4.78 is 7.55. The van der Waals surface area contributed by atoms with Gasteiger partial charge in [-0.3, -0.25) is 4.79 Å². The number of hydrogen-bond acceptors (Lipinski definition) is 2. The van der Waals surface area contributed by atoms with Crippen molar-refractivity contribution in [1.82, 2.24) is 4.57 Å². The lowest BCUT2D eigenvalue weighted by molar-refractivity contribution is 0.100. The number of fused-ring (bicyclic) bond motifs is 3. The molecule has 1 amide bonds. The summed E-state index contributed by atoms with van der Waals surface area (Å²) in [5.41, 5.74) is 13.0. The third-order valence-electron chi connectivity index (χ3n) is 5.26. The summed E-state index contributed by atoms with van der Waals surface area (Å²) >= 11 is 0. The highest BCUT2D eigenvalue weighted by atomic mass is 16.5. The number of nitrogens with zero attached hydrogens (tertiary/aromatic N) is 1. The lowest BCUT2D eigenvalue weighted by atomic mass is 10.0. The number of carbonyl (C=O) groups excluding carboxylic acids is 1. The number of rotatable bonds is 5. The van der Waals surface area contributed by atoms with Gasteiger partial charge in [0.1, 0.15) is 0 Å². The summed E-state index contributed by atoms with van der Waals surface area (Å²) in [4.78, 5) is 12.1. The zero-order valence-corrected chi connectivity index (χ0v) is 16.4. The second-order valence-corrected chi connectivity index (χ2v) is 7.28. The Labute approximate surface area is 164 Å². The molecule has 0 unspecified atom stereocenters. The van der Waals surface area contributed by atoms with Gasteiger partial charge in [-0.15, -0.1) is 0 Å². The Morgan fingerprint density at radius 1 is 1.14 bits per heavy atom. The molecule has 0 saturated carbocycles. The second kappa shape index (κ2) is 7.13. The molecule has 0 aliphatic heterocycles. The van der Waals surface area contributed by atoms with Crippen molar-refractivity contribution >= 4 is 27.7 Å². The summed E-state index contributed by atoms with van der Waals surface area (Å²) in [7, 11) is 1.68. The predicted octanol–water partition coefficient (Wildman–Crippen LogP) is 4.51. The first-order valence-electron chi connectivity index (χ1n) is 9.30. The zero-order valence-electron chi connectivity index (χ0n) is 16.4. The second-order valence-electron chi connectivity index (χ2n) is 7.28. The molecule has 4 nitrogen and oxygen atoms in total. The summed E-state index contributed by atoms with van der Waals surface area (Å²) in [6, 6.07) is 19.6. The maximum absolute atomic E-state index is 12.1. The Balaban J connectivity index is 2.03. The highest BCUT2D eigenvalue weighted by molar-refractivity contribution is 6.17. The molecule has 141 valence electrons. The molecule has 28 heavy (non-hydrogen) atoms. The molecule has 4 aromatic rings. The fraction of sp³-hybridized carbons (Fsp3) is 0.208. The van der Waals surface area contributed by atoms with Gasteiger partial charge in [-0.2, -0.15) is 0 Å². The fourth-order valence-electron chi connectivity index (χ4n) is 3.87. The van der Waals surface area contributed by atoms with E-state index in [0.717, 1.165) is 27.4 Å². The molecular formula is C24H23N2O2. The van der Waals surface area contributed by atoms with Gasteiger partial charge in [-0.25, -0.2) is 0 Å². The third kappa shape index (κ3) is 3.06. The van der Waals surface area contributed by atoms with Crippen LogP contribution in [0.1, 0.15) is 32.6 Å². The van der Waals surface area contributed by atoms with Crippen LogP contribution in [0, 0.1) is 19.9 Å². The molecule has 4 rings (SSSR count). The topological polar surface area (TPSA) is 57.2 Å². The highest BCUT2D eigenvalue weighted by Crippen LogP contribution is 2.33. The van der Waals surface area contributed by atoms with Gasteiger partial charge in [0.15, 0.2) is 0 Å². The number of aryl methyl sites for hydroxylation is 2. The van der Waals surface area contributed by atoms with E-state index in [4.69, 9.17) is 10.5 Å². The molecule has 0 saturated heterocycles. The molecule has 1 aromatic heterocycles. The lowest BCUT2D eigenvalue weighted by Crippen LogP contribution is -2.11. The monoisotopic (exact) mass is 371 g/mol. The molecule has 3 aromatic carbocycles. The van der Waals surface area contributed by atoms with E-state index in [1.807, 2.05) is 18.2 Å². The van der Waals surface area contributed by atoms with Crippen LogP contribution in [-0.2, 0) is 17.9 Å². The third-order valence-corrected chi connectivity index (χ3v) is 5.26. The number of methoxy groups -OCH3 is 1. The van der Waals surface area contributed by atoms with E-state index in [1.54, 1.807) is 13.2 Å². The number of ether oxygens (including phenoxy) is 1. The first kappa shape index (κ1) is 18.3. The van der Waals surface area contributed by atoms with Gasteiger partial charge in [-0.05, 0) is 60.9 Å². The Morgan fingerprint density at radius 3 is 2.71 bits per heavy atom. The molecule has 0 spiro atoms. The van der Waals surface area contributed by atoms with Crippen LogP contribution < -0.4 is 5.73 Å². The summed E-state index contributed by atoms with van der Waals surface area (Å²) in [6.07, 6.45) is 0. The maximum Gasteiger partial charge on any atom is 0.249 e. The van der Waals surface area contributed by atoms with Crippen LogP contribution in [0.15, 0.2) is 48.5 Å². The van der Waals surface area contributed by atoms with Crippen LogP contribution >= 0.6 is 0 Å². The average Bonchev–Trinajstić information content (AvgIpc) is 2.98. The van der Waals surface area contributed by atoms with Gasteiger partial charge in [0.2, 0.25) is 5.91 Å². The zero-order chi connectivity index (χ0) is 19.8. The number of primary amides is 1. The fourth-order valence-corrected chi connectivity index (χ4v) is 3.87. The van der Waals surface area contributed by atoms with Crippen LogP contribution in [0.4, 0.5) is 0 Å². The van der Waals surface area contributed by atoms with Crippen LogP contribution in [0.5, 0.6) is 0 Å². The Kier molecular flexibility index (Phi) is 4.65. The molecule has 0 bridgehead atoms. The van der Waals surface area contributed by atoms with E-state index in [-0.39, 0.29) is 0 Å². The number of benzene rings is 3. The standard InChI is InChI=1S/C24H23N2O2/c1-15-7-8-16(2)18(11-15)13-26-21-6-4-5-20(24(25)27)23(21)19-10-9-17(14-28-3)12-22(19)26/h4-9,11-12H,13-14H2,1-3H3,(H2,25,27). The van der Waals surface area contributed by atoms with Crippen molar-refractivity contribution in [3.05, 3.63) is 82.4 Å². The van der Waals surface area contributed by atoms with Crippen LogP contribution in [0.25, 0.3) is 21.8 Å². The van der Waals surface area contributed by atoms with E-state index >= 15 is 0 Å². The van der Waals surface area contributed by atoms with Crippen molar-refractivity contribution in [3.8, 4) is 0 Å². The van der Waals surface area contributed by atoms with Crippen molar-refractivity contribution in [1.29, 1.82) is 0 Å². The minimum absolute atomic E-state index is 0.425. The van der Waals surface area contributed by atoms with Gasteiger partial charge in [0.25, 0.3) is 0 Å². The highest BCUT2D eigenvalue weighted by Gasteiger charge is 2.17. The summed E-state index contributed by atoms with van der Waals surface area (Å²) in [6.45, 7) is 5.45. The summed E-state index contributed by atoms with van der Waals surface area (Å²) in [5.74, 6) is -0.425. The predicted molar refractivity (Wildman–Crippen MR) is 113 cm³/mol. The van der Waals surface area contributed by atoms with Crippen molar-refractivity contribution < 1.29 is 9.53 Å². The van der Waals surface area contributed by atoms with Crippen molar-refractivity contribution in [2.75, 3.05) is 7.11 Å². The number of amides is 1. The molecule has 0 aliphatic rings. The van der Waals surface area contributed by atoms with Crippen LogP contribution in [0.2, 0.25) is 0 Å². The van der Waals surface area contributed by atoms with E-state index in [1.165, 1.54) is 16.7 Å². The lowest BCUT2D eigenvalue weighted by Gasteiger charge is -2.12. The van der Waals surface area contributed by atoms with Gasteiger partial charge < -0.3 is 15.0 Å². The van der Waals surface area contributed by atoms with Crippen molar-refractivity contribution in [2.45, 2.75) is 27.0 Å². The molecule has 0 atom stereocenters. The first-order valence-corrected chi connectivity index (χ1v) is 9.30. The molecule has 0 aliphatic carbocycles. The quantitative estimate of drug-likeness (QED) is 0.561. The van der Waals surface area contributed by atoms with Crippen molar-refractivity contribution in [2.24, 2.45) is 5.73 Å². The van der Waals surface area contributed by atoms with E-state index < -0.39 is 5.91 Å². The minimum atomic E-state index is -0.425. The number of hydrogen-bond donors (Lipinski definition) is 1. The SMILES string of the molecule is COCc1c[c]c2c3c(C(N)=O)cccc3n(Cc3cc(C)ccc3C)c2c1. The number of nitrogens with two attached hydrogens (primary N) is 1. The van der Waals surface area contributed by atoms with Crippen molar-refractivity contribution in [3.63, 3.8) is 0 Å². The molecule has 4 heteroatoms. The molecular weight excluding hydrogens is 348 g/mol. The molecule has 1 radical (unpaired) electrons. The van der Waals surface area contributed by atoms with Gasteiger partial charge in [-0.1, -0.05) is 29.8 Å². The average molecular weight is 371 g/mol. The Hall–Kier alpha value is -3.11. The number of aromatic nitrogens is 1. The van der Waals surface area contributed by atoms with E-state index in [2.05, 4.69) is 48.7 Å². The Morgan fingerprint density at radius 2 is 1.96 bits per heavy atom. The van der Waals surface area contributed by atoms with Gasteiger partial charge in [0.05, 0.1) is 17.6 Å². The molecule has 2 N–H and O–H groups in total. The molecule has 1 heterocycles. The largest absolute Gasteiger partial charge is 0.380 e. The summed E-state index contributed by atoms with van der Waals surface area (Å²) in [5, 5.41) is 1.77. The first-order chi connectivity index (χ1) is 13.5. The smallest absolute Gasteiger partial charge is 0.249 e. The van der Waals surface area contributed by atoms with Crippen LogP contribution in [-0.4, -0.2) is 17.6 Å². The minimum Gasteiger partial charge on any atom is -0.380 e. The number of carbonyl (C=O) groups is 1.